The Bertz CT molecular complexity index is 216. The van der Waals surface area contributed by atoms with Gasteiger partial charge < -0.3 is 0 Å². The van der Waals surface area contributed by atoms with Crippen LogP contribution in [0.3, 0.4) is 0 Å². The van der Waals surface area contributed by atoms with Gasteiger partial charge in [0.05, 0.1) is 11.5 Å². The van der Waals surface area contributed by atoms with Crippen molar-refractivity contribution in [1.29, 1.82) is 5.26 Å². The maximum Gasteiger partial charge on any atom is 0.0693 e. The fourth-order valence-electron chi connectivity index (χ4n) is 0.923. The predicted octanol–water partition coefficient (Wildman–Crippen LogP) is 3.45. The molecule has 1 nitrogen and oxygen atoms in total. The Labute approximate surface area is 75.4 Å². The lowest BCUT2D eigenvalue weighted by Crippen LogP contribution is -2.10. The minimum atomic E-state index is -0.265. The van der Waals surface area contributed by atoms with E-state index in [0.717, 1.165) is 12.8 Å². The average molecular weight is 163 g/mol. The normalized spacial score (nSPS) is 14.2. The summed E-state index contributed by atoms with van der Waals surface area (Å²) in [5.41, 5.74) is 1.000. The quantitative estimate of drug-likeness (QED) is 0.582. The Morgan fingerprint density at radius 1 is 1.50 bits per heavy atom. The molecule has 0 bridgehead atoms. The van der Waals surface area contributed by atoms with Gasteiger partial charge in [0, 0.05) is 0 Å². The summed E-state index contributed by atoms with van der Waals surface area (Å²) in [5, 5.41) is 8.90. The molecule has 0 N–H and O–H groups in total. The molecule has 0 aromatic heterocycles. The van der Waals surface area contributed by atoms with Gasteiger partial charge >= 0.3 is 0 Å². The van der Waals surface area contributed by atoms with Crippen LogP contribution in [0.25, 0.3) is 0 Å². The fraction of sp³-hybridized carbons (Fsp3) is 0.545. The first-order valence-corrected chi connectivity index (χ1v) is 4.19. The lowest BCUT2D eigenvalue weighted by molar-refractivity contribution is 0.455. The highest BCUT2D eigenvalue weighted by atomic mass is 14.3. The van der Waals surface area contributed by atoms with Gasteiger partial charge in [0.2, 0.25) is 0 Å². The standard InChI is InChI=1S/C11H17N/c1-5-7-11(4,9-12)8-6-10(2)3/h5-6H,1,7-8H2,2-4H3/t11-/m0/s1. The number of hydrogen-bond acceptors (Lipinski definition) is 1. The van der Waals surface area contributed by atoms with E-state index < -0.39 is 0 Å². The van der Waals surface area contributed by atoms with Gasteiger partial charge in [-0.05, 0) is 33.6 Å². The number of hydrogen-bond donors (Lipinski definition) is 0. The second kappa shape index (κ2) is 4.77. The third-order valence-electron chi connectivity index (χ3n) is 1.83. The molecular weight excluding hydrogens is 146 g/mol. The molecule has 0 aliphatic rings. The van der Waals surface area contributed by atoms with Gasteiger partial charge in [-0.1, -0.05) is 17.7 Å². The van der Waals surface area contributed by atoms with E-state index in [2.05, 4.69) is 18.7 Å². The van der Waals surface area contributed by atoms with Crippen LogP contribution in [0.5, 0.6) is 0 Å². The molecule has 0 saturated carbocycles. The summed E-state index contributed by atoms with van der Waals surface area (Å²) in [6.45, 7) is 9.71. The highest BCUT2D eigenvalue weighted by Gasteiger charge is 2.19. The van der Waals surface area contributed by atoms with Crippen LogP contribution < -0.4 is 0 Å². The molecule has 0 amide bonds. The molecule has 0 spiro atoms. The Kier molecular flexibility index (Phi) is 4.36. The van der Waals surface area contributed by atoms with Gasteiger partial charge in [0.1, 0.15) is 0 Å². The first-order valence-electron chi connectivity index (χ1n) is 4.19. The van der Waals surface area contributed by atoms with Crippen molar-refractivity contribution < 1.29 is 0 Å². The second-order valence-electron chi connectivity index (χ2n) is 3.65. The summed E-state index contributed by atoms with van der Waals surface area (Å²) in [4.78, 5) is 0. The third-order valence-corrected chi connectivity index (χ3v) is 1.83. The fourth-order valence-corrected chi connectivity index (χ4v) is 0.923. The van der Waals surface area contributed by atoms with Crippen molar-refractivity contribution in [2.24, 2.45) is 5.41 Å². The highest BCUT2D eigenvalue weighted by Crippen LogP contribution is 2.26. The Morgan fingerprint density at radius 2 is 2.08 bits per heavy atom. The Hall–Kier alpha value is -1.03. The van der Waals surface area contributed by atoms with E-state index in [0.29, 0.717) is 0 Å². The van der Waals surface area contributed by atoms with Crippen molar-refractivity contribution in [3.8, 4) is 6.07 Å². The summed E-state index contributed by atoms with van der Waals surface area (Å²) in [5.74, 6) is 0. The molecule has 0 radical (unpaired) electrons. The molecule has 1 heteroatoms. The molecule has 0 aliphatic heterocycles. The number of rotatable bonds is 4. The predicted molar refractivity (Wildman–Crippen MR) is 52.6 cm³/mol. The molecule has 0 unspecified atom stereocenters. The summed E-state index contributed by atoms with van der Waals surface area (Å²) >= 11 is 0. The number of nitrogens with zero attached hydrogens (tertiary/aromatic N) is 1. The molecule has 0 aromatic carbocycles. The Balaban J connectivity index is 4.26. The van der Waals surface area contributed by atoms with Crippen LogP contribution in [-0.4, -0.2) is 0 Å². The molecule has 66 valence electrons. The van der Waals surface area contributed by atoms with Gasteiger partial charge in [-0.25, -0.2) is 0 Å². The summed E-state index contributed by atoms with van der Waals surface area (Å²) < 4.78 is 0. The first kappa shape index (κ1) is 11.0. The molecule has 12 heavy (non-hydrogen) atoms. The molecule has 1 atom stereocenters. The van der Waals surface area contributed by atoms with Crippen LogP contribution in [0, 0.1) is 16.7 Å². The van der Waals surface area contributed by atoms with E-state index in [-0.39, 0.29) is 5.41 Å². The van der Waals surface area contributed by atoms with Crippen LogP contribution in [0.4, 0.5) is 0 Å². The smallest absolute Gasteiger partial charge is 0.0693 e. The maximum atomic E-state index is 8.90. The number of allylic oxidation sites excluding steroid dienone is 3. The monoisotopic (exact) mass is 163 g/mol. The summed E-state index contributed by atoms with van der Waals surface area (Å²) in [6, 6.07) is 2.32. The van der Waals surface area contributed by atoms with Crippen molar-refractivity contribution in [2.75, 3.05) is 0 Å². The molecule has 0 aromatic rings. The third kappa shape index (κ3) is 3.98. The first-order chi connectivity index (χ1) is 5.54. The lowest BCUT2D eigenvalue weighted by Gasteiger charge is -2.16. The molecule has 0 fully saturated rings. The van der Waals surface area contributed by atoms with E-state index >= 15 is 0 Å². The van der Waals surface area contributed by atoms with Crippen molar-refractivity contribution in [3.63, 3.8) is 0 Å². The molecule has 0 aliphatic carbocycles. The van der Waals surface area contributed by atoms with Gasteiger partial charge in [-0.3, -0.25) is 0 Å². The van der Waals surface area contributed by atoms with Crippen molar-refractivity contribution in [3.05, 3.63) is 24.3 Å². The largest absolute Gasteiger partial charge is 0.198 e. The van der Waals surface area contributed by atoms with Crippen LogP contribution in [-0.2, 0) is 0 Å². The van der Waals surface area contributed by atoms with E-state index in [9.17, 15) is 0 Å². The molecular formula is C11H17N. The lowest BCUT2D eigenvalue weighted by atomic mass is 9.84. The van der Waals surface area contributed by atoms with Crippen LogP contribution in [0.2, 0.25) is 0 Å². The van der Waals surface area contributed by atoms with Crippen molar-refractivity contribution in [1.82, 2.24) is 0 Å². The minimum absolute atomic E-state index is 0.265. The Morgan fingerprint density at radius 3 is 2.42 bits per heavy atom. The van der Waals surface area contributed by atoms with Crippen molar-refractivity contribution in [2.45, 2.75) is 33.6 Å². The molecule has 0 heterocycles. The van der Waals surface area contributed by atoms with Gasteiger partial charge in [0.15, 0.2) is 0 Å². The minimum Gasteiger partial charge on any atom is -0.198 e. The zero-order chi connectivity index (χ0) is 9.61. The van der Waals surface area contributed by atoms with Crippen LogP contribution in [0.1, 0.15) is 33.6 Å². The maximum absolute atomic E-state index is 8.90. The van der Waals surface area contributed by atoms with Gasteiger partial charge in [0.25, 0.3) is 0 Å². The topological polar surface area (TPSA) is 23.8 Å². The highest BCUT2D eigenvalue weighted by molar-refractivity contribution is 5.06. The van der Waals surface area contributed by atoms with Crippen molar-refractivity contribution >= 4 is 0 Å². The van der Waals surface area contributed by atoms with E-state index in [1.54, 1.807) is 0 Å². The average Bonchev–Trinajstić information content (AvgIpc) is 2.02. The van der Waals surface area contributed by atoms with E-state index in [1.165, 1.54) is 5.57 Å². The summed E-state index contributed by atoms with van der Waals surface area (Å²) in [7, 11) is 0. The van der Waals surface area contributed by atoms with E-state index in [1.807, 2.05) is 26.8 Å². The zero-order valence-electron chi connectivity index (χ0n) is 8.22. The molecule has 0 rings (SSSR count). The number of nitriles is 1. The van der Waals surface area contributed by atoms with Gasteiger partial charge in [-0.2, -0.15) is 5.26 Å². The van der Waals surface area contributed by atoms with E-state index in [4.69, 9.17) is 5.26 Å². The molecule has 0 saturated heterocycles. The van der Waals surface area contributed by atoms with Gasteiger partial charge in [-0.15, -0.1) is 6.58 Å². The van der Waals surface area contributed by atoms with Crippen LogP contribution >= 0.6 is 0 Å². The SMILES string of the molecule is C=CC[C@](C)(C#N)CC=C(C)C. The second-order valence-corrected chi connectivity index (χ2v) is 3.65. The summed E-state index contributed by atoms with van der Waals surface area (Å²) in [6.07, 6.45) is 5.49. The van der Waals surface area contributed by atoms with Crippen LogP contribution in [0.15, 0.2) is 24.3 Å². The zero-order valence-corrected chi connectivity index (χ0v) is 8.22.